The van der Waals surface area contributed by atoms with Crippen molar-refractivity contribution in [2.24, 2.45) is 0 Å². The summed E-state index contributed by atoms with van der Waals surface area (Å²) in [6.07, 6.45) is 1.70. The standard InChI is InChI=1S/C18H23N3O2/c1-14-5-3-6-15(2)17(14)19-18(22)21-10-8-20(9-11-21)13-16-7-4-12-23-16/h3-7,12H,8-11,13H2,1-2H3,(H,19,22). The maximum atomic E-state index is 12.5. The molecule has 0 spiro atoms. The first kappa shape index (κ1) is 15.6. The zero-order valence-corrected chi connectivity index (χ0v) is 13.7. The molecular formula is C18H23N3O2. The van der Waals surface area contributed by atoms with Crippen molar-refractivity contribution in [2.45, 2.75) is 20.4 Å². The molecule has 3 rings (SSSR count). The Morgan fingerprint density at radius 3 is 2.39 bits per heavy atom. The lowest BCUT2D eigenvalue weighted by molar-refractivity contribution is 0.137. The van der Waals surface area contributed by atoms with E-state index < -0.39 is 0 Å². The molecule has 0 radical (unpaired) electrons. The Kier molecular flexibility index (Phi) is 4.67. The molecule has 1 aromatic heterocycles. The van der Waals surface area contributed by atoms with Gasteiger partial charge >= 0.3 is 6.03 Å². The van der Waals surface area contributed by atoms with Crippen LogP contribution in [0.1, 0.15) is 16.9 Å². The molecule has 0 saturated carbocycles. The van der Waals surface area contributed by atoms with Crippen LogP contribution in [0.25, 0.3) is 0 Å². The number of nitrogens with zero attached hydrogens (tertiary/aromatic N) is 2. The molecule has 2 aromatic rings. The fraction of sp³-hybridized carbons (Fsp3) is 0.389. The van der Waals surface area contributed by atoms with Crippen LogP contribution in [0.5, 0.6) is 0 Å². The van der Waals surface area contributed by atoms with Gasteiger partial charge in [-0.15, -0.1) is 0 Å². The number of benzene rings is 1. The first-order valence-electron chi connectivity index (χ1n) is 8.00. The van der Waals surface area contributed by atoms with E-state index in [0.717, 1.165) is 55.3 Å². The number of urea groups is 1. The van der Waals surface area contributed by atoms with E-state index in [1.54, 1.807) is 6.26 Å². The molecule has 122 valence electrons. The molecule has 5 nitrogen and oxygen atoms in total. The monoisotopic (exact) mass is 313 g/mol. The second kappa shape index (κ2) is 6.87. The molecule has 1 fully saturated rings. The van der Waals surface area contributed by atoms with Gasteiger partial charge in [0, 0.05) is 31.9 Å². The van der Waals surface area contributed by atoms with Crippen LogP contribution >= 0.6 is 0 Å². The number of carbonyl (C=O) groups is 1. The Morgan fingerprint density at radius 1 is 1.09 bits per heavy atom. The highest BCUT2D eigenvalue weighted by Gasteiger charge is 2.22. The molecule has 0 bridgehead atoms. The van der Waals surface area contributed by atoms with Crippen molar-refractivity contribution in [1.29, 1.82) is 0 Å². The van der Waals surface area contributed by atoms with Gasteiger partial charge in [0.25, 0.3) is 0 Å². The van der Waals surface area contributed by atoms with Gasteiger partial charge in [-0.2, -0.15) is 0 Å². The normalized spacial score (nSPS) is 15.7. The fourth-order valence-electron chi connectivity index (χ4n) is 2.93. The van der Waals surface area contributed by atoms with Crippen LogP contribution in [0.3, 0.4) is 0 Å². The van der Waals surface area contributed by atoms with Crippen LogP contribution in [-0.4, -0.2) is 42.0 Å². The van der Waals surface area contributed by atoms with E-state index in [2.05, 4.69) is 10.2 Å². The third-order valence-corrected chi connectivity index (χ3v) is 4.33. The van der Waals surface area contributed by atoms with Crippen molar-refractivity contribution in [3.8, 4) is 0 Å². The number of furan rings is 1. The smallest absolute Gasteiger partial charge is 0.321 e. The third-order valence-electron chi connectivity index (χ3n) is 4.33. The van der Waals surface area contributed by atoms with E-state index in [-0.39, 0.29) is 6.03 Å². The molecule has 1 aliphatic heterocycles. The molecule has 5 heteroatoms. The highest BCUT2D eigenvalue weighted by Crippen LogP contribution is 2.20. The first-order valence-corrected chi connectivity index (χ1v) is 8.00. The molecule has 2 amide bonds. The Morgan fingerprint density at radius 2 is 1.78 bits per heavy atom. The largest absolute Gasteiger partial charge is 0.468 e. The Labute approximate surface area is 136 Å². The highest BCUT2D eigenvalue weighted by atomic mass is 16.3. The van der Waals surface area contributed by atoms with Crippen LogP contribution in [0.15, 0.2) is 41.0 Å². The van der Waals surface area contributed by atoms with E-state index in [0.29, 0.717) is 0 Å². The van der Waals surface area contributed by atoms with Crippen LogP contribution < -0.4 is 5.32 Å². The van der Waals surface area contributed by atoms with Gasteiger partial charge in [-0.3, -0.25) is 4.90 Å². The van der Waals surface area contributed by atoms with Gasteiger partial charge in [0.15, 0.2) is 0 Å². The zero-order valence-electron chi connectivity index (χ0n) is 13.7. The Bertz CT molecular complexity index is 639. The summed E-state index contributed by atoms with van der Waals surface area (Å²) in [4.78, 5) is 16.7. The van der Waals surface area contributed by atoms with Gasteiger partial charge in [0.05, 0.1) is 12.8 Å². The molecule has 1 N–H and O–H groups in total. The molecular weight excluding hydrogens is 290 g/mol. The van der Waals surface area contributed by atoms with Gasteiger partial charge in [-0.05, 0) is 37.1 Å². The van der Waals surface area contributed by atoms with Crippen LogP contribution in [0.4, 0.5) is 10.5 Å². The molecule has 0 unspecified atom stereocenters. The van der Waals surface area contributed by atoms with Crippen molar-refractivity contribution < 1.29 is 9.21 Å². The van der Waals surface area contributed by atoms with Crippen molar-refractivity contribution in [3.63, 3.8) is 0 Å². The Balaban J connectivity index is 1.54. The molecule has 23 heavy (non-hydrogen) atoms. The fourth-order valence-corrected chi connectivity index (χ4v) is 2.93. The third kappa shape index (κ3) is 3.74. The van der Waals surface area contributed by atoms with E-state index >= 15 is 0 Å². The summed E-state index contributed by atoms with van der Waals surface area (Å²) in [7, 11) is 0. The quantitative estimate of drug-likeness (QED) is 0.946. The molecule has 2 heterocycles. The number of carbonyl (C=O) groups excluding carboxylic acids is 1. The lowest BCUT2D eigenvalue weighted by atomic mass is 10.1. The van der Waals surface area contributed by atoms with E-state index in [1.807, 2.05) is 49.1 Å². The maximum Gasteiger partial charge on any atom is 0.321 e. The van der Waals surface area contributed by atoms with Crippen molar-refractivity contribution in [2.75, 3.05) is 31.5 Å². The summed E-state index contributed by atoms with van der Waals surface area (Å²) < 4.78 is 5.38. The van der Waals surface area contributed by atoms with Gasteiger partial charge < -0.3 is 14.6 Å². The predicted octanol–water partition coefficient (Wildman–Crippen LogP) is 3.25. The number of amides is 2. The number of hydrogen-bond acceptors (Lipinski definition) is 3. The van der Waals surface area contributed by atoms with E-state index in [4.69, 9.17) is 4.42 Å². The SMILES string of the molecule is Cc1cccc(C)c1NC(=O)N1CCN(Cc2ccco2)CC1. The number of nitrogens with one attached hydrogen (secondary N) is 1. The second-order valence-corrected chi connectivity index (χ2v) is 6.04. The topological polar surface area (TPSA) is 48.7 Å². The van der Waals surface area contributed by atoms with Crippen LogP contribution in [-0.2, 0) is 6.54 Å². The molecule has 1 aromatic carbocycles. The number of para-hydroxylation sites is 1. The minimum Gasteiger partial charge on any atom is -0.468 e. The highest BCUT2D eigenvalue weighted by molar-refractivity contribution is 5.91. The second-order valence-electron chi connectivity index (χ2n) is 6.04. The van der Waals surface area contributed by atoms with E-state index in [9.17, 15) is 4.79 Å². The molecule has 0 aliphatic carbocycles. The van der Waals surface area contributed by atoms with Gasteiger partial charge in [-0.25, -0.2) is 4.79 Å². The number of rotatable bonds is 3. The summed E-state index contributed by atoms with van der Waals surface area (Å²) in [5, 5.41) is 3.06. The zero-order chi connectivity index (χ0) is 16.2. The van der Waals surface area contributed by atoms with Gasteiger partial charge in [0.2, 0.25) is 0 Å². The average Bonchev–Trinajstić information content (AvgIpc) is 3.04. The Hall–Kier alpha value is -2.27. The number of hydrogen-bond donors (Lipinski definition) is 1. The average molecular weight is 313 g/mol. The summed E-state index contributed by atoms with van der Waals surface area (Å²) in [6, 6.07) is 9.92. The molecule has 1 aliphatic rings. The lowest BCUT2D eigenvalue weighted by Gasteiger charge is -2.34. The summed E-state index contributed by atoms with van der Waals surface area (Å²) in [6.45, 7) is 8.03. The lowest BCUT2D eigenvalue weighted by Crippen LogP contribution is -2.49. The minimum absolute atomic E-state index is 0.0138. The minimum atomic E-state index is -0.0138. The first-order chi connectivity index (χ1) is 11.1. The summed E-state index contributed by atoms with van der Waals surface area (Å²) >= 11 is 0. The predicted molar refractivity (Wildman–Crippen MR) is 90.5 cm³/mol. The van der Waals surface area contributed by atoms with Gasteiger partial charge in [-0.1, -0.05) is 18.2 Å². The summed E-state index contributed by atoms with van der Waals surface area (Å²) in [5.41, 5.74) is 3.11. The van der Waals surface area contributed by atoms with E-state index in [1.165, 1.54) is 0 Å². The van der Waals surface area contributed by atoms with Crippen LogP contribution in [0.2, 0.25) is 0 Å². The van der Waals surface area contributed by atoms with Gasteiger partial charge in [0.1, 0.15) is 5.76 Å². The maximum absolute atomic E-state index is 12.5. The van der Waals surface area contributed by atoms with Crippen LogP contribution in [0, 0.1) is 13.8 Å². The number of anilines is 1. The number of aryl methyl sites for hydroxylation is 2. The van der Waals surface area contributed by atoms with Crippen molar-refractivity contribution in [3.05, 3.63) is 53.5 Å². The van der Waals surface area contributed by atoms with Crippen molar-refractivity contribution in [1.82, 2.24) is 9.80 Å². The molecule has 1 saturated heterocycles. The van der Waals surface area contributed by atoms with Crippen molar-refractivity contribution >= 4 is 11.7 Å². The summed E-state index contributed by atoms with van der Waals surface area (Å²) in [5.74, 6) is 0.971. The number of piperazine rings is 1. The molecule has 0 atom stereocenters.